The Morgan fingerprint density at radius 1 is 1.15 bits per heavy atom. The van der Waals surface area contributed by atoms with Gasteiger partial charge >= 0.3 is 0 Å². The van der Waals surface area contributed by atoms with Crippen molar-refractivity contribution in [3.8, 4) is 0 Å². The van der Waals surface area contributed by atoms with Crippen LogP contribution in [0.25, 0.3) is 0 Å². The van der Waals surface area contributed by atoms with E-state index in [9.17, 15) is 0 Å². The van der Waals surface area contributed by atoms with Gasteiger partial charge in [0.1, 0.15) is 0 Å². The summed E-state index contributed by atoms with van der Waals surface area (Å²) in [5.74, 6) is 4.11. The molecule has 0 heterocycles. The number of benzene rings is 1. The number of nitrogens with one attached hydrogen (secondary N) is 1. The maximum atomic E-state index is 6.17. The van der Waals surface area contributed by atoms with E-state index >= 15 is 0 Å². The van der Waals surface area contributed by atoms with Gasteiger partial charge in [0.15, 0.2) is 0 Å². The van der Waals surface area contributed by atoms with Crippen LogP contribution in [0.15, 0.2) is 22.7 Å². The third-order valence-corrected chi connectivity index (χ3v) is 7.21. The Labute approximate surface area is 134 Å². The highest BCUT2D eigenvalue weighted by atomic mass is 79.9. The molecule has 1 aromatic rings. The largest absolute Gasteiger partial charge is 0.310 e. The monoisotopic (exact) mass is 353 g/mol. The molecule has 3 heteroatoms. The van der Waals surface area contributed by atoms with Crippen molar-refractivity contribution in [1.82, 2.24) is 5.32 Å². The standard InChI is InChI=1S/C17H21BrClN/c18-15-5-4-10(6-16(15)19)9-20-17-8-11-7-14(17)13-3-1-2-12(11)13/h4-6,11-14,17,20H,1-3,7-9H2. The minimum absolute atomic E-state index is 0.752. The zero-order valence-corrected chi connectivity index (χ0v) is 14.0. The molecule has 1 nitrogen and oxygen atoms in total. The fourth-order valence-corrected chi connectivity index (χ4v) is 5.65. The first-order valence-corrected chi connectivity index (χ1v) is 9.07. The quantitative estimate of drug-likeness (QED) is 0.804. The number of fused-ring (bicyclic) bond motifs is 5. The van der Waals surface area contributed by atoms with Gasteiger partial charge in [-0.3, -0.25) is 0 Å². The van der Waals surface area contributed by atoms with Gasteiger partial charge < -0.3 is 5.32 Å². The third-order valence-electron chi connectivity index (χ3n) is 5.98. The van der Waals surface area contributed by atoms with Gasteiger partial charge in [-0.05, 0) is 83.0 Å². The molecule has 3 fully saturated rings. The van der Waals surface area contributed by atoms with E-state index in [1.54, 1.807) is 0 Å². The molecule has 0 radical (unpaired) electrons. The van der Waals surface area contributed by atoms with Gasteiger partial charge in [-0.25, -0.2) is 0 Å². The molecule has 0 amide bonds. The van der Waals surface area contributed by atoms with Crippen molar-refractivity contribution in [3.63, 3.8) is 0 Å². The summed E-state index contributed by atoms with van der Waals surface area (Å²) in [6.45, 7) is 0.957. The van der Waals surface area contributed by atoms with Gasteiger partial charge in [0, 0.05) is 17.1 Å². The number of hydrogen-bond donors (Lipinski definition) is 1. The maximum absolute atomic E-state index is 6.17. The molecule has 0 aliphatic heterocycles. The van der Waals surface area contributed by atoms with Crippen molar-refractivity contribution in [2.24, 2.45) is 23.7 Å². The van der Waals surface area contributed by atoms with Crippen molar-refractivity contribution in [3.05, 3.63) is 33.3 Å². The van der Waals surface area contributed by atoms with Crippen LogP contribution < -0.4 is 5.32 Å². The normalized spacial score (nSPS) is 38.4. The fourth-order valence-electron chi connectivity index (χ4n) is 5.20. The SMILES string of the molecule is Clc1cc(CNC2CC3CC2C2CCCC32)ccc1Br. The molecule has 1 aromatic carbocycles. The second-order valence-electron chi connectivity index (χ2n) is 6.89. The molecule has 0 saturated heterocycles. The summed E-state index contributed by atoms with van der Waals surface area (Å²) in [4.78, 5) is 0. The van der Waals surface area contributed by atoms with E-state index in [1.807, 2.05) is 6.07 Å². The van der Waals surface area contributed by atoms with E-state index < -0.39 is 0 Å². The van der Waals surface area contributed by atoms with Crippen LogP contribution in [0, 0.1) is 23.7 Å². The second kappa shape index (κ2) is 5.30. The molecule has 3 saturated carbocycles. The van der Waals surface area contributed by atoms with Crippen LogP contribution in [-0.4, -0.2) is 6.04 Å². The van der Waals surface area contributed by atoms with Crippen LogP contribution in [0.5, 0.6) is 0 Å². The second-order valence-corrected chi connectivity index (χ2v) is 8.15. The van der Waals surface area contributed by atoms with Crippen LogP contribution >= 0.6 is 27.5 Å². The van der Waals surface area contributed by atoms with E-state index in [-0.39, 0.29) is 0 Å². The van der Waals surface area contributed by atoms with Crippen molar-refractivity contribution >= 4 is 27.5 Å². The Morgan fingerprint density at radius 2 is 2.00 bits per heavy atom. The van der Waals surface area contributed by atoms with Crippen LogP contribution in [0.4, 0.5) is 0 Å². The number of rotatable bonds is 3. The Bertz CT molecular complexity index is 518. The Kier molecular flexibility index (Phi) is 3.60. The molecule has 5 unspecified atom stereocenters. The topological polar surface area (TPSA) is 12.0 Å². The summed E-state index contributed by atoms with van der Waals surface area (Å²) in [5, 5.41) is 4.63. The predicted octanol–water partition coefficient (Wildman–Crippen LogP) is 5.02. The van der Waals surface area contributed by atoms with E-state index in [0.29, 0.717) is 0 Å². The number of hydrogen-bond acceptors (Lipinski definition) is 1. The smallest absolute Gasteiger partial charge is 0.0551 e. The molecule has 2 bridgehead atoms. The van der Waals surface area contributed by atoms with Crippen molar-refractivity contribution in [2.45, 2.75) is 44.7 Å². The summed E-state index contributed by atoms with van der Waals surface area (Å²) in [6, 6.07) is 7.04. The highest BCUT2D eigenvalue weighted by Gasteiger charge is 2.53. The van der Waals surface area contributed by atoms with Crippen molar-refractivity contribution in [2.75, 3.05) is 0 Å². The summed E-state index contributed by atoms with van der Waals surface area (Å²) in [7, 11) is 0. The van der Waals surface area contributed by atoms with Crippen LogP contribution in [0.1, 0.15) is 37.7 Å². The third kappa shape index (κ3) is 2.24. The molecule has 3 aliphatic carbocycles. The molecule has 108 valence electrons. The molecule has 1 N–H and O–H groups in total. The molecule has 4 rings (SSSR count). The molecular weight excluding hydrogens is 334 g/mol. The van der Waals surface area contributed by atoms with Crippen molar-refractivity contribution in [1.29, 1.82) is 0 Å². The Morgan fingerprint density at radius 3 is 2.85 bits per heavy atom. The molecule has 5 atom stereocenters. The van der Waals surface area contributed by atoms with Gasteiger partial charge in [-0.2, -0.15) is 0 Å². The summed E-state index contributed by atoms with van der Waals surface area (Å²) in [6.07, 6.45) is 7.40. The highest BCUT2D eigenvalue weighted by molar-refractivity contribution is 9.10. The first kappa shape index (κ1) is 13.6. The molecule has 3 aliphatic rings. The molecule has 0 spiro atoms. The van der Waals surface area contributed by atoms with Gasteiger partial charge in [-0.15, -0.1) is 0 Å². The Balaban J connectivity index is 1.40. The number of halogens is 2. The minimum atomic E-state index is 0.752. The first-order valence-electron chi connectivity index (χ1n) is 7.89. The summed E-state index contributed by atoms with van der Waals surface area (Å²) < 4.78 is 0.983. The lowest BCUT2D eigenvalue weighted by atomic mass is 9.79. The minimum Gasteiger partial charge on any atom is -0.310 e. The van der Waals surface area contributed by atoms with Crippen LogP contribution in [0.3, 0.4) is 0 Å². The lowest BCUT2D eigenvalue weighted by molar-refractivity contribution is 0.208. The van der Waals surface area contributed by atoms with Crippen LogP contribution in [0.2, 0.25) is 5.02 Å². The van der Waals surface area contributed by atoms with E-state index in [1.165, 1.54) is 37.7 Å². The zero-order valence-electron chi connectivity index (χ0n) is 11.6. The maximum Gasteiger partial charge on any atom is 0.0551 e. The summed E-state index contributed by atoms with van der Waals surface area (Å²) >= 11 is 9.62. The van der Waals surface area contributed by atoms with E-state index in [0.717, 1.165) is 45.8 Å². The predicted molar refractivity (Wildman–Crippen MR) is 86.8 cm³/mol. The fraction of sp³-hybridized carbons (Fsp3) is 0.647. The molecular formula is C17H21BrClN. The average Bonchev–Trinajstić information content (AvgIpc) is 3.11. The van der Waals surface area contributed by atoms with Crippen LogP contribution in [-0.2, 0) is 6.54 Å². The van der Waals surface area contributed by atoms with Gasteiger partial charge in [0.05, 0.1) is 5.02 Å². The molecule has 0 aromatic heterocycles. The Hall–Kier alpha value is -0.0500. The van der Waals surface area contributed by atoms with Gasteiger partial charge in [0.25, 0.3) is 0 Å². The highest BCUT2D eigenvalue weighted by Crippen LogP contribution is 2.58. The van der Waals surface area contributed by atoms with E-state index in [4.69, 9.17) is 11.6 Å². The van der Waals surface area contributed by atoms with Gasteiger partial charge in [-0.1, -0.05) is 24.1 Å². The molecule has 20 heavy (non-hydrogen) atoms. The summed E-state index contributed by atoms with van der Waals surface area (Å²) in [5.41, 5.74) is 1.30. The first-order chi connectivity index (χ1) is 9.72. The van der Waals surface area contributed by atoms with Crippen molar-refractivity contribution < 1.29 is 0 Å². The van der Waals surface area contributed by atoms with E-state index in [2.05, 4.69) is 33.4 Å². The lowest BCUT2D eigenvalue weighted by Gasteiger charge is -2.32. The van der Waals surface area contributed by atoms with Gasteiger partial charge in [0.2, 0.25) is 0 Å². The average molecular weight is 355 g/mol. The zero-order chi connectivity index (χ0) is 13.7. The lowest BCUT2D eigenvalue weighted by Crippen LogP contribution is -2.38.